The average molecular weight is 297 g/mol. The van der Waals surface area contributed by atoms with E-state index in [1.165, 1.54) is 4.90 Å². The summed E-state index contributed by atoms with van der Waals surface area (Å²) in [7, 11) is 3.23. The highest BCUT2D eigenvalue weighted by molar-refractivity contribution is 5.81. The smallest absolute Gasteiger partial charge is 0.320 e. The van der Waals surface area contributed by atoms with E-state index in [2.05, 4.69) is 5.32 Å². The number of rotatable bonds is 4. The maximum absolute atomic E-state index is 12.5. The van der Waals surface area contributed by atoms with Gasteiger partial charge in [0.1, 0.15) is 0 Å². The van der Waals surface area contributed by atoms with Crippen LogP contribution in [0.2, 0.25) is 0 Å². The molecule has 3 amide bonds. The molecule has 2 saturated heterocycles. The lowest BCUT2D eigenvalue weighted by Gasteiger charge is -2.30. The van der Waals surface area contributed by atoms with Crippen molar-refractivity contribution >= 4 is 17.9 Å². The SMILES string of the molecule is CNC(=O)C(C)CN(C)C(=O)N1C2CCC1C(C(=O)O)C2. The van der Waals surface area contributed by atoms with Crippen LogP contribution in [0.3, 0.4) is 0 Å². The Bertz CT molecular complexity index is 454. The van der Waals surface area contributed by atoms with Crippen molar-refractivity contribution < 1.29 is 19.5 Å². The van der Waals surface area contributed by atoms with E-state index < -0.39 is 11.9 Å². The number of carboxylic acids is 1. The van der Waals surface area contributed by atoms with Gasteiger partial charge in [-0.25, -0.2) is 4.79 Å². The number of carbonyl (C=O) groups is 3. The van der Waals surface area contributed by atoms with Crippen LogP contribution < -0.4 is 5.32 Å². The summed E-state index contributed by atoms with van der Waals surface area (Å²) in [5.41, 5.74) is 0. The monoisotopic (exact) mass is 297 g/mol. The Hall–Kier alpha value is -1.79. The normalized spacial score (nSPS) is 28.3. The first-order valence-electron chi connectivity index (χ1n) is 7.34. The fourth-order valence-electron chi connectivity index (χ4n) is 3.57. The van der Waals surface area contributed by atoms with Crippen molar-refractivity contribution in [3.8, 4) is 0 Å². The molecule has 0 aromatic carbocycles. The summed E-state index contributed by atoms with van der Waals surface area (Å²) in [6.45, 7) is 2.09. The number of carbonyl (C=O) groups excluding carboxylic acids is 2. The van der Waals surface area contributed by atoms with E-state index in [0.29, 0.717) is 13.0 Å². The lowest BCUT2D eigenvalue weighted by atomic mass is 9.89. The van der Waals surface area contributed by atoms with Crippen LogP contribution in [0.5, 0.6) is 0 Å². The predicted octanol–water partition coefficient (Wildman–Crippen LogP) is 0.358. The van der Waals surface area contributed by atoms with Crippen LogP contribution in [0.4, 0.5) is 4.79 Å². The third kappa shape index (κ3) is 2.82. The van der Waals surface area contributed by atoms with Crippen LogP contribution in [0.25, 0.3) is 0 Å². The number of carboxylic acid groups (broad SMARTS) is 1. The molecule has 0 saturated carbocycles. The molecule has 21 heavy (non-hydrogen) atoms. The molecule has 7 heteroatoms. The number of hydrogen-bond acceptors (Lipinski definition) is 3. The lowest BCUT2D eigenvalue weighted by molar-refractivity contribution is -0.142. The molecule has 118 valence electrons. The van der Waals surface area contributed by atoms with E-state index in [1.807, 2.05) is 0 Å². The molecule has 2 aliphatic rings. The molecule has 7 nitrogen and oxygen atoms in total. The van der Waals surface area contributed by atoms with Crippen molar-refractivity contribution in [3.63, 3.8) is 0 Å². The molecule has 0 aliphatic carbocycles. The van der Waals surface area contributed by atoms with E-state index in [0.717, 1.165) is 12.8 Å². The number of nitrogens with zero attached hydrogens (tertiary/aromatic N) is 2. The lowest BCUT2D eigenvalue weighted by Crippen LogP contribution is -2.47. The van der Waals surface area contributed by atoms with E-state index in [4.69, 9.17) is 0 Å². The summed E-state index contributed by atoms with van der Waals surface area (Å²) in [4.78, 5) is 38.6. The van der Waals surface area contributed by atoms with Gasteiger partial charge in [0, 0.05) is 32.7 Å². The number of fused-ring (bicyclic) bond motifs is 2. The van der Waals surface area contributed by atoms with Gasteiger partial charge in [0.05, 0.1) is 11.8 Å². The molecular weight excluding hydrogens is 274 g/mol. The van der Waals surface area contributed by atoms with Crippen molar-refractivity contribution in [1.82, 2.24) is 15.1 Å². The molecule has 4 atom stereocenters. The zero-order valence-corrected chi connectivity index (χ0v) is 12.7. The van der Waals surface area contributed by atoms with Crippen LogP contribution in [-0.4, -0.2) is 65.5 Å². The fourth-order valence-corrected chi connectivity index (χ4v) is 3.57. The molecule has 0 radical (unpaired) electrons. The van der Waals surface area contributed by atoms with Gasteiger partial charge < -0.3 is 20.2 Å². The standard InChI is InChI=1S/C14H23N3O4/c1-8(12(18)15-2)7-16(3)14(21)17-9-4-5-11(17)10(6-9)13(19)20/h8-11H,4-7H2,1-3H3,(H,15,18)(H,19,20). The molecule has 0 spiro atoms. The molecule has 0 aromatic heterocycles. The molecule has 2 rings (SSSR count). The first-order valence-corrected chi connectivity index (χ1v) is 7.34. The topological polar surface area (TPSA) is 90.0 Å². The Labute approximate surface area is 124 Å². The Morgan fingerprint density at radius 2 is 2.05 bits per heavy atom. The van der Waals surface area contributed by atoms with Crippen LogP contribution >= 0.6 is 0 Å². The number of urea groups is 1. The summed E-state index contributed by atoms with van der Waals surface area (Å²) in [5.74, 6) is -1.67. The van der Waals surface area contributed by atoms with E-state index in [-0.39, 0.29) is 29.9 Å². The first kappa shape index (κ1) is 15.6. The third-order valence-electron chi connectivity index (χ3n) is 4.64. The summed E-state index contributed by atoms with van der Waals surface area (Å²) in [6.07, 6.45) is 2.18. The van der Waals surface area contributed by atoms with Gasteiger partial charge in [0.15, 0.2) is 0 Å². The van der Waals surface area contributed by atoms with Gasteiger partial charge in [-0.05, 0) is 19.3 Å². The maximum Gasteiger partial charge on any atom is 0.320 e. The Balaban J connectivity index is 2.00. The van der Waals surface area contributed by atoms with E-state index >= 15 is 0 Å². The van der Waals surface area contributed by atoms with Crippen LogP contribution in [-0.2, 0) is 9.59 Å². The quantitative estimate of drug-likeness (QED) is 0.784. The van der Waals surface area contributed by atoms with E-state index in [9.17, 15) is 19.5 Å². The van der Waals surface area contributed by atoms with Crippen molar-refractivity contribution in [2.24, 2.45) is 11.8 Å². The van der Waals surface area contributed by atoms with Crippen LogP contribution in [0.1, 0.15) is 26.2 Å². The van der Waals surface area contributed by atoms with Gasteiger partial charge in [0.2, 0.25) is 5.91 Å². The van der Waals surface area contributed by atoms with Crippen molar-refractivity contribution in [3.05, 3.63) is 0 Å². The Kier molecular flexibility index (Phi) is 4.39. The maximum atomic E-state index is 12.5. The first-order chi connectivity index (χ1) is 9.86. The fraction of sp³-hybridized carbons (Fsp3) is 0.786. The Morgan fingerprint density at radius 1 is 1.38 bits per heavy atom. The predicted molar refractivity (Wildman–Crippen MR) is 75.6 cm³/mol. The molecule has 2 fully saturated rings. The second-order valence-electron chi connectivity index (χ2n) is 6.06. The number of nitrogens with one attached hydrogen (secondary N) is 1. The second kappa shape index (κ2) is 5.91. The minimum absolute atomic E-state index is 0.0290. The molecule has 2 N–H and O–H groups in total. The van der Waals surface area contributed by atoms with Crippen molar-refractivity contribution in [2.45, 2.75) is 38.3 Å². The second-order valence-corrected chi connectivity index (χ2v) is 6.06. The summed E-state index contributed by atoms with van der Waals surface area (Å²) in [6, 6.07) is -0.332. The van der Waals surface area contributed by atoms with Gasteiger partial charge >= 0.3 is 12.0 Å². The summed E-state index contributed by atoms with van der Waals surface area (Å²) < 4.78 is 0. The zero-order valence-electron chi connectivity index (χ0n) is 12.7. The molecular formula is C14H23N3O4. The summed E-state index contributed by atoms with van der Waals surface area (Å²) >= 11 is 0. The van der Waals surface area contributed by atoms with Gasteiger partial charge in [-0.2, -0.15) is 0 Å². The third-order valence-corrected chi connectivity index (χ3v) is 4.64. The zero-order chi connectivity index (χ0) is 15.7. The highest BCUT2D eigenvalue weighted by Gasteiger charge is 2.52. The minimum Gasteiger partial charge on any atom is -0.481 e. The highest BCUT2D eigenvalue weighted by atomic mass is 16.4. The van der Waals surface area contributed by atoms with Crippen molar-refractivity contribution in [1.29, 1.82) is 0 Å². The molecule has 0 aromatic rings. The average Bonchev–Trinajstić information content (AvgIpc) is 3.02. The van der Waals surface area contributed by atoms with E-state index in [1.54, 1.807) is 25.9 Å². The van der Waals surface area contributed by atoms with Gasteiger partial charge in [-0.3, -0.25) is 9.59 Å². The van der Waals surface area contributed by atoms with Gasteiger partial charge in [0.25, 0.3) is 0 Å². The number of hydrogen-bond donors (Lipinski definition) is 2. The van der Waals surface area contributed by atoms with Gasteiger partial charge in [-0.15, -0.1) is 0 Å². The molecule has 2 bridgehead atoms. The number of aliphatic carboxylic acids is 1. The molecule has 2 aliphatic heterocycles. The largest absolute Gasteiger partial charge is 0.481 e. The molecule has 2 heterocycles. The number of amides is 3. The van der Waals surface area contributed by atoms with Crippen molar-refractivity contribution in [2.75, 3.05) is 20.6 Å². The molecule has 4 unspecified atom stereocenters. The van der Waals surface area contributed by atoms with Crippen LogP contribution in [0, 0.1) is 11.8 Å². The summed E-state index contributed by atoms with van der Waals surface area (Å²) in [5, 5.41) is 11.8. The minimum atomic E-state index is -0.818. The Morgan fingerprint density at radius 3 is 2.57 bits per heavy atom. The van der Waals surface area contributed by atoms with Gasteiger partial charge in [-0.1, -0.05) is 6.92 Å². The highest BCUT2D eigenvalue weighted by Crippen LogP contribution is 2.42. The van der Waals surface area contributed by atoms with Crippen LogP contribution in [0.15, 0.2) is 0 Å².